The first-order chi connectivity index (χ1) is 11.4. The summed E-state index contributed by atoms with van der Waals surface area (Å²) in [6.45, 7) is 14.4. The van der Waals surface area contributed by atoms with Crippen molar-refractivity contribution in [2.24, 2.45) is 0 Å². The third kappa shape index (κ3) is 2.79. The number of nitrogens with zero attached hydrogens (tertiary/aromatic N) is 1. The molecule has 1 heterocycles. The van der Waals surface area contributed by atoms with Gasteiger partial charge in [0.15, 0.2) is 11.5 Å². The summed E-state index contributed by atoms with van der Waals surface area (Å²) < 4.78 is 6.34. The standard InChI is InChI=1S/C22H29NO/c1-7-22(5,6)17-10-12-19-21(14-17)24-20-13-16(15(3)4)9-11-18(20)23(19)8-2/h9-15H,7-8H2,1-6H3. The first-order valence-electron chi connectivity index (χ1n) is 9.11. The fraction of sp³-hybridized carbons (Fsp3) is 0.455. The molecule has 2 aromatic rings. The van der Waals surface area contributed by atoms with Gasteiger partial charge in [0, 0.05) is 6.54 Å². The van der Waals surface area contributed by atoms with E-state index in [1.54, 1.807) is 0 Å². The minimum atomic E-state index is 0.162. The Morgan fingerprint density at radius 2 is 1.58 bits per heavy atom. The predicted octanol–water partition coefficient (Wildman–Crippen LogP) is 6.76. The van der Waals surface area contributed by atoms with E-state index in [9.17, 15) is 0 Å². The van der Waals surface area contributed by atoms with E-state index >= 15 is 0 Å². The van der Waals surface area contributed by atoms with E-state index in [0.717, 1.165) is 35.8 Å². The Kier molecular flexibility index (Phi) is 4.33. The van der Waals surface area contributed by atoms with Crippen LogP contribution in [-0.2, 0) is 5.41 Å². The van der Waals surface area contributed by atoms with Gasteiger partial charge >= 0.3 is 0 Å². The van der Waals surface area contributed by atoms with Gasteiger partial charge in [-0.1, -0.05) is 46.8 Å². The lowest BCUT2D eigenvalue weighted by molar-refractivity contribution is 0.463. The van der Waals surface area contributed by atoms with Crippen LogP contribution in [0.2, 0.25) is 0 Å². The third-order valence-corrected chi connectivity index (χ3v) is 5.39. The molecule has 1 aliphatic rings. The van der Waals surface area contributed by atoms with Gasteiger partial charge in [-0.15, -0.1) is 0 Å². The number of rotatable bonds is 4. The van der Waals surface area contributed by atoms with Crippen LogP contribution < -0.4 is 9.64 Å². The van der Waals surface area contributed by atoms with E-state index in [0.29, 0.717) is 5.92 Å². The zero-order valence-electron chi connectivity index (χ0n) is 15.8. The second-order valence-corrected chi connectivity index (χ2v) is 7.65. The molecule has 0 saturated heterocycles. The number of ether oxygens (including phenoxy) is 1. The molecule has 0 unspecified atom stereocenters. The molecule has 0 atom stereocenters. The van der Waals surface area contributed by atoms with Gasteiger partial charge in [0.25, 0.3) is 0 Å². The summed E-state index contributed by atoms with van der Waals surface area (Å²) in [4.78, 5) is 2.35. The van der Waals surface area contributed by atoms with Crippen molar-refractivity contribution >= 4 is 11.4 Å². The molecular weight excluding hydrogens is 294 g/mol. The van der Waals surface area contributed by atoms with Crippen LogP contribution in [0.3, 0.4) is 0 Å². The Morgan fingerprint density at radius 1 is 0.958 bits per heavy atom. The van der Waals surface area contributed by atoms with Gasteiger partial charge in [0.2, 0.25) is 0 Å². The zero-order valence-corrected chi connectivity index (χ0v) is 15.8. The summed E-state index contributed by atoms with van der Waals surface area (Å²) in [5, 5.41) is 0. The van der Waals surface area contributed by atoms with Gasteiger partial charge in [-0.3, -0.25) is 0 Å². The largest absolute Gasteiger partial charge is 0.453 e. The van der Waals surface area contributed by atoms with Gasteiger partial charge in [-0.05, 0) is 60.1 Å². The molecule has 0 bridgehead atoms. The van der Waals surface area contributed by atoms with Gasteiger partial charge in [0.05, 0.1) is 11.4 Å². The lowest BCUT2D eigenvalue weighted by Gasteiger charge is -2.34. The van der Waals surface area contributed by atoms with E-state index in [-0.39, 0.29) is 5.41 Å². The van der Waals surface area contributed by atoms with Crippen molar-refractivity contribution in [1.29, 1.82) is 0 Å². The molecule has 1 aliphatic heterocycles. The summed E-state index contributed by atoms with van der Waals surface area (Å²) in [5.41, 5.74) is 5.14. The van der Waals surface area contributed by atoms with Crippen molar-refractivity contribution in [1.82, 2.24) is 0 Å². The van der Waals surface area contributed by atoms with Gasteiger partial charge in [0.1, 0.15) is 0 Å². The number of fused-ring (bicyclic) bond motifs is 2. The Labute approximate surface area is 146 Å². The van der Waals surface area contributed by atoms with E-state index in [1.165, 1.54) is 11.1 Å². The minimum Gasteiger partial charge on any atom is -0.453 e. The Bertz CT molecular complexity index is 746. The van der Waals surface area contributed by atoms with E-state index in [2.05, 4.69) is 82.8 Å². The Balaban J connectivity index is 2.08. The fourth-order valence-electron chi connectivity index (χ4n) is 3.23. The Hall–Kier alpha value is -1.96. The highest BCUT2D eigenvalue weighted by molar-refractivity contribution is 5.78. The van der Waals surface area contributed by atoms with Gasteiger partial charge in [-0.25, -0.2) is 0 Å². The molecule has 2 nitrogen and oxygen atoms in total. The topological polar surface area (TPSA) is 12.5 Å². The Morgan fingerprint density at radius 3 is 2.17 bits per heavy atom. The maximum Gasteiger partial charge on any atom is 0.151 e. The van der Waals surface area contributed by atoms with Crippen LogP contribution in [0.5, 0.6) is 11.5 Å². The normalized spacial score (nSPS) is 13.5. The average molecular weight is 323 g/mol. The molecule has 24 heavy (non-hydrogen) atoms. The summed E-state index contributed by atoms with van der Waals surface area (Å²) in [6.07, 6.45) is 1.11. The maximum absolute atomic E-state index is 6.34. The number of hydrogen-bond acceptors (Lipinski definition) is 2. The first-order valence-corrected chi connectivity index (χ1v) is 9.11. The molecule has 128 valence electrons. The molecule has 0 N–H and O–H groups in total. The summed E-state index contributed by atoms with van der Waals surface area (Å²) in [7, 11) is 0. The molecule has 2 aromatic carbocycles. The SMILES string of the molecule is CCN1c2ccc(C(C)C)cc2Oc2cc(C(C)(C)CC)ccc21. The molecule has 3 rings (SSSR count). The van der Waals surface area contributed by atoms with Crippen molar-refractivity contribution in [3.05, 3.63) is 47.5 Å². The molecule has 0 fully saturated rings. The lowest BCUT2D eigenvalue weighted by atomic mass is 9.82. The van der Waals surface area contributed by atoms with Crippen molar-refractivity contribution in [2.45, 2.75) is 59.3 Å². The highest BCUT2D eigenvalue weighted by Crippen LogP contribution is 2.48. The number of benzene rings is 2. The highest BCUT2D eigenvalue weighted by Gasteiger charge is 2.26. The van der Waals surface area contributed by atoms with E-state index in [4.69, 9.17) is 4.74 Å². The molecule has 0 spiro atoms. The van der Waals surface area contributed by atoms with E-state index in [1.807, 2.05) is 0 Å². The molecule has 0 aromatic heterocycles. The van der Waals surface area contributed by atoms with Crippen LogP contribution in [0.15, 0.2) is 36.4 Å². The molecule has 2 heteroatoms. The summed E-state index contributed by atoms with van der Waals surface area (Å²) in [5.74, 6) is 2.45. The van der Waals surface area contributed by atoms with Crippen molar-refractivity contribution in [3.8, 4) is 11.5 Å². The summed E-state index contributed by atoms with van der Waals surface area (Å²) >= 11 is 0. The minimum absolute atomic E-state index is 0.162. The van der Waals surface area contributed by atoms with Crippen LogP contribution >= 0.6 is 0 Å². The van der Waals surface area contributed by atoms with Crippen LogP contribution in [0.25, 0.3) is 0 Å². The monoisotopic (exact) mass is 323 g/mol. The lowest BCUT2D eigenvalue weighted by Crippen LogP contribution is -2.22. The highest BCUT2D eigenvalue weighted by atomic mass is 16.5. The van der Waals surface area contributed by atoms with Crippen LogP contribution in [0.4, 0.5) is 11.4 Å². The summed E-state index contributed by atoms with van der Waals surface area (Å²) in [6, 6.07) is 13.3. The smallest absolute Gasteiger partial charge is 0.151 e. The van der Waals surface area contributed by atoms with Crippen molar-refractivity contribution in [2.75, 3.05) is 11.4 Å². The van der Waals surface area contributed by atoms with Crippen molar-refractivity contribution < 1.29 is 4.74 Å². The zero-order chi connectivity index (χ0) is 17.5. The second-order valence-electron chi connectivity index (χ2n) is 7.65. The molecule has 0 saturated carbocycles. The maximum atomic E-state index is 6.34. The molecule has 0 radical (unpaired) electrons. The van der Waals surface area contributed by atoms with Crippen LogP contribution in [-0.4, -0.2) is 6.54 Å². The van der Waals surface area contributed by atoms with Gasteiger partial charge in [-0.2, -0.15) is 0 Å². The van der Waals surface area contributed by atoms with E-state index < -0.39 is 0 Å². The number of anilines is 2. The first kappa shape index (κ1) is 16.9. The third-order valence-electron chi connectivity index (χ3n) is 5.39. The quantitative estimate of drug-likeness (QED) is 0.616. The van der Waals surface area contributed by atoms with Crippen LogP contribution in [0.1, 0.15) is 65.0 Å². The van der Waals surface area contributed by atoms with Gasteiger partial charge < -0.3 is 9.64 Å². The van der Waals surface area contributed by atoms with Crippen LogP contribution in [0, 0.1) is 0 Å². The predicted molar refractivity (Wildman–Crippen MR) is 103 cm³/mol. The number of hydrogen-bond donors (Lipinski definition) is 0. The fourth-order valence-corrected chi connectivity index (χ4v) is 3.23. The second kappa shape index (κ2) is 6.16. The van der Waals surface area contributed by atoms with Crippen molar-refractivity contribution in [3.63, 3.8) is 0 Å². The average Bonchev–Trinajstić information content (AvgIpc) is 2.58. The molecular formula is C22H29NO. The molecule has 0 amide bonds. The molecule has 0 aliphatic carbocycles.